The van der Waals surface area contributed by atoms with Crippen molar-refractivity contribution in [1.29, 1.82) is 0 Å². The van der Waals surface area contributed by atoms with E-state index in [1.807, 2.05) is 6.92 Å². The molecule has 2 N–H and O–H groups in total. The van der Waals surface area contributed by atoms with Gasteiger partial charge in [0.2, 0.25) is 11.7 Å². The number of ether oxygens (including phenoxy) is 1. The molecule has 0 aliphatic carbocycles. The summed E-state index contributed by atoms with van der Waals surface area (Å²) in [7, 11) is 0. The van der Waals surface area contributed by atoms with Gasteiger partial charge in [-0.25, -0.2) is 0 Å². The quantitative estimate of drug-likeness (QED) is 0.746. The fraction of sp³-hybridized carbons (Fsp3) is 0.857. The van der Waals surface area contributed by atoms with Crippen LogP contribution in [0.2, 0.25) is 0 Å². The SMILES string of the molecule is CCOC(CC)(CC)c1noc(CCC(C)CN)n1. The smallest absolute Gasteiger partial charge is 0.226 e. The molecule has 110 valence electrons. The third-order valence-corrected chi connectivity index (χ3v) is 3.69. The van der Waals surface area contributed by atoms with Gasteiger partial charge in [0.1, 0.15) is 5.60 Å². The van der Waals surface area contributed by atoms with Gasteiger partial charge >= 0.3 is 0 Å². The van der Waals surface area contributed by atoms with E-state index in [1.165, 1.54) is 0 Å². The molecule has 1 aromatic rings. The first kappa shape index (κ1) is 16.1. The van der Waals surface area contributed by atoms with Crippen molar-refractivity contribution in [2.24, 2.45) is 11.7 Å². The van der Waals surface area contributed by atoms with Crippen LogP contribution in [0.5, 0.6) is 0 Å². The Bertz CT molecular complexity index is 361. The second-order valence-corrected chi connectivity index (χ2v) is 5.03. The molecule has 0 saturated heterocycles. The maximum atomic E-state index is 5.87. The van der Waals surface area contributed by atoms with Gasteiger partial charge in [0.15, 0.2) is 0 Å². The van der Waals surface area contributed by atoms with Gasteiger partial charge in [-0.2, -0.15) is 4.98 Å². The lowest BCUT2D eigenvalue weighted by atomic mass is 9.96. The minimum atomic E-state index is -0.407. The predicted molar refractivity (Wildman–Crippen MR) is 74.7 cm³/mol. The van der Waals surface area contributed by atoms with E-state index in [2.05, 4.69) is 30.9 Å². The van der Waals surface area contributed by atoms with Crippen LogP contribution in [-0.2, 0) is 16.8 Å². The van der Waals surface area contributed by atoms with Gasteiger partial charge in [-0.05, 0) is 38.6 Å². The van der Waals surface area contributed by atoms with Gasteiger partial charge in [0, 0.05) is 13.0 Å². The second-order valence-electron chi connectivity index (χ2n) is 5.03. The maximum Gasteiger partial charge on any atom is 0.226 e. The normalized spacial score (nSPS) is 13.7. The zero-order chi connectivity index (χ0) is 14.3. The fourth-order valence-corrected chi connectivity index (χ4v) is 2.14. The molecule has 0 spiro atoms. The van der Waals surface area contributed by atoms with Gasteiger partial charge in [0.25, 0.3) is 0 Å². The van der Waals surface area contributed by atoms with E-state index in [-0.39, 0.29) is 0 Å². The van der Waals surface area contributed by atoms with E-state index in [0.717, 1.165) is 25.7 Å². The number of hydrogen-bond donors (Lipinski definition) is 1. The molecule has 0 amide bonds. The van der Waals surface area contributed by atoms with Crippen molar-refractivity contribution in [2.75, 3.05) is 13.2 Å². The van der Waals surface area contributed by atoms with Crippen LogP contribution in [0.15, 0.2) is 4.52 Å². The Morgan fingerprint density at radius 3 is 2.53 bits per heavy atom. The molecule has 1 heterocycles. The first-order chi connectivity index (χ1) is 9.11. The van der Waals surface area contributed by atoms with E-state index < -0.39 is 5.60 Å². The van der Waals surface area contributed by atoms with Crippen LogP contribution in [0, 0.1) is 5.92 Å². The number of rotatable bonds is 9. The average Bonchev–Trinajstić information content (AvgIpc) is 2.91. The van der Waals surface area contributed by atoms with E-state index in [1.54, 1.807) is 0 Å². The molecule has 0 radical (unpaired) electrons. The maximum absolute atomic E-state index is 5.87. The van der Waals surface area contributed by atoms with Crippen LogP contribution in [-0.4, -0.2) is 23.3 Å². The molecule has 1 rings (SSSR count). The Balaban J connectivity index is 2.75. The lowest BCUT2D eigenvalue weighted by Gasteiger charge is -2.27. The van der Waals surface area contributed by atoms with E-state index >= 15 is 0 Å². The highest BCUT2D eigenvalue weighted by Gasteiger charge is 2.34. The lowest BCUT2D eigenvalue weighted by molar-refractivity contribution is -0.0583. The van der Waals surface area contributed by atoms with Gasteiger partial charge in [-0.15, -0.1) is 0 Å². The summed E-state index contributed by atoms with van der Waals surface area (Å²) in [6.45, 7) is 9.63. The summed E-state index contributed by atoms with van der Waals surface area (Å²) in [6, 6.07) is 0. The van der Waals surface area contributed by atoms with Crippen molar-refractivity contribution >= 4 is 0 Å². The topological polar surface area (TPSA) is 74.2 Å². The first-order valence-electron chi connectivity index (χ1n) is 7.28. The molecule has 0 bridgehead atoms. The second kappa shape index (κ2) is 7.60. The molecule has 1 atom stereocenters. The molecule has 5 heteroatoms. The standard InChI is InChI=1S/C14H27N3O2/c1-5-14(6-2,18-7-3)13-16-12(19-17-13)9-8-11(4)10-15/h11H,5-10,15H2,1-4H3. The van der Waals surface area contributed by atoms with Crippen molar-refractivity contribution in [3.05, 3.63) is 11.7 Å². The number of aromatic nitrogens is 2. The Morgan fingerprint density at radius 2 is 2.00 bits per heavy atom. The van der Waals surface area contributed by atoms with Gasteiger partial charge in [0.05, 0.1) is 0 Å². The minimum Gasteiger partial charge on any atom is -0.367 e. The summed E-state index contributed by atoms with van der Waals surface area (Å²) in [4.78, 5) is 4.51. The largest absolute Gasteiger partial charge is 0.367 e. The molecule has 0 aliphatic heterocycles. The highest BCUT2D eigenvalue weighted by molar-refractivity contribution is 5.01. The molecule has 0 aromatic carbocycles. The number of hydrogen-bond acceptors (Lipinski definition) is 5. The molecule has 0 fully saturated rings. The molecular formula is C14H27N3O2. The summed E-state index contributed by atoms with van der Waals surface area (Å²) < 4.78 is 11.2. The van der Waals surface area contributed by atoms with Crippen LogP contribution < -0.4 is 5.73 Å². The summed E-state index contributed by atoms with van der Waals surface area (Å²) in [5.41, 5.74) is 5.20. The Labute approximate surface area is 115 Å². The molecule has 0 aliphatic rings. The van der Waals surface area contributed by atoms with Crippen LogP contribution >= 0.6 is 0 Å². The summed E-state index contributed by atoms with van der Waals surface area (Å²) in [5.74, 6) is 1.83. The zero-order valence-corrected chi connectivity index (χ0v) is 12.6. The first-order valence-corrected chi connectivity index (χ1v) is 7.28. The lowest BCUT2D eigenvalue weighted by Crippen LogP contribution is -2.29. The monoisotopic (exact) mass is 269 g/mol. The molecule has 5 nitrogen and oxygen atoms in total. The Morgan fingerprint density at radius 1 is 1.32 bits per heavy atom. The number of nitrogens with two attached hydrogens (primary N) is 1. The molecule has 1 aromatic heterocycles. The predicted octanol–water partition coefficient (Wildman–Crippen LogP) is 2.65. The fourth-order valence-electron chi connectivity index (χ4n) is 2.14. The van der Waals surface area contributed by atoms with Crippen LogP contribution in [0.3, 0.4) is 0 Å². The Hall–Kier alpha value is -0.940. The number of aryl methyl sites for hydroxylation is 1. The van der Waals surface area contributed by atoms with Gasteiger partial charge < -0.3 is 15.0 Å². The van der Waals surface area contributed by atoms with Crippen molar-refractivity contribution in [3.8, 4) is 0 Å². The van der Waals surface area contributed by atoms with Crippen LogP contribution in [0.4, 0.5) is 0 Å². The zero-order valence-electron chi connectivity index (χ0n) is 12.6. The van der Waals surface area contributed by atoms with Crippen LogP contribution in [0.25, 0.3) is 0 Å². The molecule has 19 heavy (non-hydrogen) atoms. The van der Waals surface area contributed by atoms with Gasteiger partial charge in [-0.3, -0.25) is 0 Å². The number of nitrogens with zero attached hydrogens (tertiary/aromatic N) is 2. The van der Waals surface area contributed by atoms with Gasteiger partial charge in [-0.1, -0.05) is 25.9 Å². The van der Waals surface area contributed by atoms with Crippen molar-refractivity contribution in [2.45, 2.75) is 59.0 Å². The third-order valence-electron chi connectivity index (χ3n) is 3.69. The Kier molecular flexibility index (Phi) is 6.45. The molecular weight excluding hydrogens is 242 g/mol. The molecule has 1 unspecified atom stereocenters. The summed E-state index contributed by atoms with van der Waals surface area (Å²) in [6.07, 6.45) is 3.43. The van der Waals surface area contributed by atoms with E-state index in [0.29, 0.717) is 30.8 Å². The molecule has 0 saturated carbocycles. The van der Waals surface area contributed by atoms with Crippen molar-refractivity contribution in [1.82, 2.24) is 10.1 Å². The van der Waals surface area contributed by atoms with Crippen molar-refractivity contribution < 1.29 is 9.26 Å². The summed E-state index contributed by atoms with van der Waals surface area (Å²) in [5, 5.41) is 4.11. The van der Waals surface area contributed by atoms with Crippen molar-refractivity contribution in [3.63, 3.8) is 0 Å². The highest BCUT2D eigenvalue weighted by atomic mass is 16.5. The average molecular weight is 269 g/mol. The highest BCUT2D eigenvalue weighted by Crippen LogP contribution is 2.31. The van der Waals surface area contributed by atoms with Crippen LogP contribution in [0.1, 0.15) is 58.7 Å². The van der Waals surface area contributed by atoms with E-state index in [4.69, 9.17) is 15.0 Å². The van der Waals surface area contributed by atoms with E-state index in [9.17, 15) is 0 Å². The summed E-state index contributed by atoms with van der Waals surface area (Å²) >= 11 is 0. The third kappa shape index (κ3) is 4.01. The minimum absolute atomic E-state index is 0.407.